The summed E-state index contributed by atoms with van der Waals surface area (Å²) < 4.78 is 13.5. The van der Waals surface area contributed by atoms with Crippen molar-refractivity contribution in [2.45, 2.75) is 24.5 Å². The summed E-state index contributed by atoms with van der Waals surface area (Å²) in [6, 6.07) is 10.3. The van der Waals surface area contributed by atoms with Crippen molar-refractivity contribution in [1.82, 2.24) is 9.80 Å². The Morgan fingerprint density at radius 1 is 1.11 bits per heavy atom. The van der Waals surface area contributed by atoms with Crippen LogP contribution in [0.4, 0.5) is 31.0 Å². The summed E-state index contributed by atoms with van der Waals surface area (Å²) in [5.74, 6) is -1.10. The minimum absolute atomic E-state index is 0.127. The summed E-state index contributed by atoms with van der Waals surface area (Å²) in [5, 5.41) is 14.7. The highest BCUT2D eigenvalue weighted by molar-refractivity contribution is 6.31. The first-order valence-corrected chi connectivity index (χ1v) is 11.5. The highest BCUT2D eigenvalue weighted by atomic mass is 35.5. The number of nitrogens with zero attached hydrogens (tertiary/aromatic N) is 4. The van der Waals surface area contributed by atoms with Gasteiger partial charge in [0.25, 0.3) is 11.6 Å². The number of non-ortho nitro benzene ring substituents is 1. The minimum Gasteiger partial charge on any atom is -0.317 e. The van der Waals surface area contributed by atoms with Crippen molar-refractivity contribution in [1.29, 1.82) is 0 Å². The number of hydrogen-bond acceptors (Lipinski definition) is 5. The van der Waals surface area contributed by atoms with Gasteiger partial charge >= 0.3 is 12.1 Å². The first-order valence-electron chi connectivity index (χ1n) is 11.1. The van der Waals surface area contributed by atoms with Crippen molar-refractivity contribution < 1.29 is 23.7 Å². The van der Waals surface area contributed by atoms with E-state index in [0.29, 0.717) is 22.9 Å². The molecule has 1 unspecified atom stereocenters. The fourth-order valence-electron chi connectivity index (χ4n) is 5.50. The first-order chi connectivity index (χ1) is 17.3. The largest absolute Gasteiger partial charge is 0.332 e. The molecular weight excluding hydrogens is 493 g/mol. The van der Waals surface area contributed by atoms with Crippen LogP contribution in [0.1, 0.15) is 6.42 Å². The fourth-order valence-corrected chi connectivity index (χ4v) is 5.68. The van der Waals surface area contributed by atoms with E-state index < -0.39 is 40.8 Å². The standard InChI is InChI=1S/C24H17ClFN5O5/c25-16-9-12(5-6-17(16)26)27-23(33)28-11-13-10-20(28)21-22(32)30(24(34)29(13)21)18-7-8-19(31(35)36)15-4-2-1-3-14(15)18/h1-9,13,20-21H,10-11H2,(H,27,33)/t13-,20-,21?/m0/s1. The topological polar surface area (TPSA) is 116 Å². The van der Waals surface area contributed by atoms with E-state index in [-0.39, 0.29) is 29.0 Å². The Labute approximate surface area is 208 Å². The molecule has 12 heteroatoms. The summed E-state index contributed by atoms with van der Waals surface area (Å²) in [4.78, 5) is 55.0. The minimum atomic E-state index is -0.868. The lowest BCUT2D eigenvalue weighted by Crippen LogP contribution is -2.55. The molecule has 182 valence electrons. The van der Waals surface area contributed by atoms with Crippen LogP contribution in [0.15, 0.2) is 54.6 Å². The molecule has 0 aromatic heterocycles. The average Bonchev–Trinajstić information content (AvgIpc) is 3.52. The average molecular weight is 510 g/mol. The molecule has 1 N–H and O–H groups in total. The number of anilines is 2. The zero-order valence-corrected chi connectivity index (χ0v) is 19.2. The smallest absolute Gasteiger partial charge is 0.317 e. The third-order valence-electron chi connectivity index (χ3n) is 7.01. The third kappa shape index (κ3) is 3.12. The molecule has 3 heterocycles. The van der Waals surface area contributed by atoms with Gasteiger partial charge in [-0.15, -0.1) is 0 Å². The van der Waals surface area contributed by atoms with Crippen LogP contribution in [-0.4, -0.2) is 57.4 Å². The van der Waals surface area contributed by atoms with Crippen molar-refractivity contribution in [2.75, 3.05) is 16.8 Å². The Hall–Kier alpha value is -4.25. The highest BCUT2D eigenvalue weighted by Gasteiger charge is 2.63. The maximum atomic E-state index is 13.6. The Balaban J connectivity index is 1.30. The van der Waals surface area contributed by atoms with Gasteiger partial charge in [0, 0.05) is 23.7 Å². The normalized spacial score (nSPS) is 22.5. The van der Waals surface area contributed by atoms with Crippen LogP contribution < -0.4 is 10.2 Å². The molecule has 0 radical (unpaired) electrons. The maximum absolute atomic E-state index is 13.6. The number of nitrogens with one attached hydrogen (secondary N) is 1. The lowest BCUT2D eigenvalue weighted by Gasteiger charge is -2.34. The number of carbonyl (C=O) groups excluding carboxylic acids is 3. The molecule has 2 bridgehead atoms. The molecule has 3 aliphatic heterocycles. The van der Waals surface area contributed by atoms with Crippen LogP contribution in [0.2, 0.25) is 5.02 Å². The van der Waals surface area contributed by atoms with E-state index in [9.17, 15) is 28.9 Å². The van der Waals surface area contributed by atoms with Gasteiger partial charge in [-0.25, -0.2) is 18.9 Å². The van der Waals surface area contributed by atoms with E-state index in [0.717, 1.165) is 11.0 Å². The second-order valence-electron chi connectivity index (χ2n) is 8.88. The molecule has 36 heavy (non-hydrogen) atoms. The number of piperazine rings is 1. The van der Waals surface area contributed by atoms with Gasteiger partial charge in [-0.2, -0.15) is 0 Å². The van der Waals surface area contributed by atoms with Crippen molar-refractivity contribution in [3.8, 4) is 0 Å². The number of imide groups is 1. The molecule has 10 nitrogen and oxygen atoms in total. The number of fused-ring (bicyclic) bond motifs is 6. The number of benzene rings is 3. The second kappa shape index (κ2) is 7.89. The van der Waals surface area contributed by atoms with E-state index in [1.54, 1.807) is 24.3 Å². The number of rotatable bonds is 3. The van der Waals surface area contributed by atoms with E-state index in [1.165, 1.54) is 34.1 Å². The van der Waals surface area contributed by atoms with Crippen LogP contribution in [0.5, 0.6) is 0 Å². The van der Waals surface area contributed by atoms with Crippen LogP contribution in [-0.2, 0) is 4.79 Å². The van der Waals surface area contributed by atoms with Crippen molar-refractivity contribution in [3.63, 3.8) is 0 Å². The summed E-state index contributed by atoms with van der Waals surface area (Å²) in [5.41, 5.74) is 0.438. The van der Waals surface area contributed by atoms with E-state index >= 15 is 0 Å². The van der Waals surface area contributed by atoms with Gasteiger partial charge < -0.3 is 15.1 Å². The predicted octanol–water partition coefficient (Wildman–Crippen LogP) is 4.37. The maximum Gasteiger partial charge on any atom is 0.332 e. The summed E-state index contributed by atoms with van der Waals surface area (Å²) in [7, 11) is 0. The molecule has 0 aliphatic carbocycles. The monoisotopic (exact) mass is 509 g/mol. The molecule has 3 atom stereocenters. The molecule has 5 amide bonds. The lowest BCUT2D eigenvalue weighted by atomic mass is 10.0. The van der Waals surface area contributed by atoms with Crippen LogP contribution in [0.3, 0.4) is 0 Å². The zero-order valence-electron chi connectivity index (χ0n) is 18.4. The molecule has 6 rings (SSSR count). The number of amides is 5. The SMILES string of the molecule is O=C1C2[C@@H]3C[C@@H](CN3C(=O)Nc3ccc(F)c(Cl)c3)N2C(=O)N1c1ccc([N+](=O)[O-])c2ccccc12. The molecule has 0 spiro atoms. The quantitative estimate of drug-likeness (QED) is 0.320. The Kier molecular flexibility index (Phi) is 4.87. The van der Waals surface area contributed by atoms with E-state index in [4.69, 9.17) is 11.6 Å². The van der Waals surface area contributed by atoms with Gasteiger partial charge in [0.05, 0.1) is 33.1 Å². The van der Waals surface area contributed by atoms with Gasteiger partial charge in [0.15, 0.2) is 0 Å². The predicted molar refractivity (Wildman–Crippen MR) is 128 cm³/mol. The summed E-state index contributed by atoms with van der Waals surface area (Å²) >= 11 is 5.80. The zero-order chi connectivity index (χ0) is 25.3. The lowest BCUT2D eigenvalue weighted by molar-refractivity contribution is -0.383. The van der Waals surface area contributed by atoms with Gasteiger partial charge in [-0.3, -0.25) is 14.9 Å². The second-order valence-corrected chi connectivity index (χ2v) is 9.29. The van der Waals surface area contributed by atoms with E-state index in [1.807, 2.05) is 0 Å². The molecule has 3 saturated heterocycles. The molecule has 3 aromatic rings. The van der Waals surface area contributed by atoms with Crippen LogP contribution in [0, 0.1) is 15.9 Å². The van der Waals surface area contributed by atoms with Crippen molar-refractivity contribution >= 4 is 57.4 Å². The van der Waals surface area contributed by atoms with Crippen molar-refractivity contribution in [2.24, 2.45) is 0 Å². The Morgan fingerprint density at radius 3 is 2.58 bits per heavy atom. The molecular formula is C24H17ClFN5O5. The number of nitro benzene ring substituents is 1. The number of hydrogen-bond donors (Lipinski definition) is 1. The highest BCUT2D eigenvalue weighted by Crippen LogP contribution is 2.44. The van der Waals surface area contributed by atoms with Crippen molar-refractivity contribution in [3.05, 3.63) is 75.6 Å². The Morgan fingerprint density at radius 2 is 1.86 bits per heavy atom. The number of halogens is 2. The number of likely N-dealkylation sites (tertiary alicyclic amines) is 1. The molecule has 3 fully saturated rings. The number of nitro groups is 1. The third-order valence-corrected chi connectivity index (χ3v) is 7.30. The van der Waals surface area contributed by atoms with E-state index in [2.05, 4.69) is 5.32 Å². The fraction of sp³-hybridized carbons (Fsp3) is 0.208. The molecule has 3 aliphatic rings. The summed E-state index contributed by atoms with van der Waals surface area (Å²) in [6.45, 7) is 0.232. The van der Waals surface area contributed by atoms with Gasteiger partial charge in [0.2, 0.25) is 0 Å². The van der Waals surface area contributed by atoms with Gasteiger partial charge in [-0.1, -0.05) is 29.8 Å². The number of urea groups is 2. The van der Waals surface area contributed by atoms with Gasteiger partial charge in [-0.05, 0) is 36.8 Å². The molecule has 3 aromatic carbocycles. The first kappa shape index (κ1) is 22.2. The Bertz CT molecular complexity index is 1500. The van der Waals surface area contributed by atoms with Crippen LogP contribution in [0.25, 0.3) is 10.8 Å². The molecule has 0 saturated carbocycles. The van der Waals surface area contributed by atoms with Gasteiger partial charge in [0.1, 0.15) is 11.9 Å². The van der Waals surface area contributed by atoms with Crippen LogP contribution >= 0.6 is 11.6 Å². The number of carbonyl (C=O) groups is 3. The summed E-state index contributed by atoms with van der Waals surface area (Å²) in [6.07, 6.45) is 0.453.